The highest BCUT2D eigenvalue weighted by atomic mass is 16.2. The first kappa shape index (κ1) is 12.4. The van der Waals surface area contributed by atoms with Gasteiger partial charge >= 0.3 is 0 Å². The minimum Gasteiger partial charge on any atom is -0.353 e. The fraction of sp³-hybridized carbons (Fsp3) is 0.833. The van der Waals surface area contributed by atoms with E-state index in [1.165, 1.54) is 0 Å². The number of piperidine rings is 1. The Morgan fingerprint density at radius 3 is 2.76 bits per heavy atom. The quantitative estimate of drug-likeness (QED) is 0.661. The van der Waals surface area contributed by atoms with Gasteiger partial charge in [-0.05, 0) is 25.7 Å². The maximum Gasteiger partial charge on any atom is 0.241 e. The van der Waals surface area contributed by atoms with Crippen molar-refractivity contribution in [1.82, 2.24) is 15.5 Å². The topological polar surface area (TPSA) is 61.4 Å². The number of piperazine rings is 1. The SMILES string of the molecule is CC1CCN(C(=O)C2CNC(=O)CN2)C(C)C1. The van der Waals surface area contributed by atoms with E-state index in [4.69, 9.17) is 0 Å². The zero-order valence-corrected chi connectivity index (χ0v) is 10.5. The van der Waals surface area contributed by atoms with E-state index in [0.717, 1.165) is 19.4 Å². The van der Waals surface area contributed by atoms with Crippen molar-refractivity contribution >= 4 is 11.8 Å². The van der Waals surface area contributed by atoms with Crippen LogP contribution < -0.4 is 10.6 Å². The molecule has 96 valence electrons. The summed E-state index contributed by atoms with van der Waals surface area (Å²) in [6, 6.07) is 0.0641. The monoisotopic (exact) mass is 239 g/mol. The van der Waals surface area contributed by atoms with E-state index in [1.54, 1.807) is 0 Å². The minimum atomic E-state index is -0.247. The van der Waals surface area contributed by atoms with Crippen LogP contribution in [0.15, 0.2) is 0 Å². The molecule has 0 spiro atoms. The summed E-state index contributed by atoms with van der Waals surface area (Å²) in [6.45, 7) is 5.84. The van der Waals surface area contributed by atoms with Gasteiger partial charge in [0.05, 0.1) is 6.54 Å². The van der Waals surface area contributed by atoms with Crippen molar-refractivity contribution in [2.24, 2.45) is 5.92 Å². The summed E-state index contributed by atoms with van der Waals surface area (Å²) in [4.78, 5) is 25.3. The molecular weight excluding hydrogens is 218 g/mol. The third kappa shape index (κ3) is 2.77. The van der Waals surface area contributed by atoms with Crippen LogP contribution in [0.4, 0.5) is 0 Å². The molecule has 2 N–H and O–H groups in total. The Hall–Kier alpha value is -1.10. The highest BCUT2D eigenvalue weighted by Crippen LogP contribution is 2.22. The molecule has 2 aliphatic rings. The number of carbonyl (C=O) groups excluding carboxylic acids is 2. The van der Waals surface area contributed by atoms with Crippen molar-refractivity contribution in [3.05, 3.63) is 0 Å². The second-order valence-electron chi connectivity index (χ2n) is 5.25. The van der Waals surface area contributed by atoms with Crippen molar-refractivity contribution in [3.8, 4) is 0 Å². The van der Waals surface area contributed by atoms with E-state index in [1.807, 2.05) is 4.90 Å². The van der Waals surface area contributed by atoms with E-state index in [-0.39, 0.29) is 24.4 Å². The van der Waals surface area contributed by atoms with Crippen LogP contribution >= 0.6 is 0 Å². The zero-order chi connectivity index (χ0) is 12.4. The molecular formula is C12H21N3O2. The first-order valence-electron chi connectivity index (χ1n) is 6.38. The van der Waals surface area contributed by atoms with Gasteiger partial charge < -0.3 is 10.2 Å². The third-order valence-corrected chi connectivity index (χ3v) is 3.73. The number of amides is 2. The second kappa shape index (κ2) is 5.04. The van der Waals surface area contributed by atoms with Gasteiger partial charge in [0.25, 0.3) is 0 Å². The molecule has 0 radical (unpaired) electrons. The average molecular weight is 239 g/mol. The van der Waals surface area contributed by atoms with Crippen LogP contribution in [-0.2, 0) is 9.59 Å². The lowest BCUT2D eigenvalue weighted by atomic mass is 9.93. The van der Waals surface area contributed by atoms with Gasteiger partial charge in [-0.15, -0.1) is 0 Å². The lowest BCUT2D eigenvalue weighted by Crippen LogP contribution is -2.60. The summed E-state index contributed by atoms with van der Waals surface area (Å²) in [5, 5.41) is 5.72. The smallest absolute Gasteiger partial charge is 0.241 e. The Kier molecular flexibility index (Phi) is 3.66. The van der Waals surface area contributed by atoms with Gasteiger partial charge in [0, 0.05) is 19.1 Å². The maximum absolute atomic E-state index is 12.3. The number of rotatable bonds is 1. The van der Waals surface area contributed by atoms with Crippen LogP contribution in [0.2, 0.25) is 0 Å². The van der Waals surface area contributed by atoms with E-state index < -0.39 is 0 Å². The molecule has 5 heteroatoms. The highest BCUT2D eigenvalue weighted by molar-refractivity contribution is 5.87. The van der Waals surface area contributed by atoms with Crippen LogP contribution in [0.5, 0.6) is 0 Å². The normalized spacial score (nSPS) is 34.4. The number of hydrogen-bond donors (Lipinski definition) is 2. The molecule has 5 nitrogen and oxygen atoms in total. The van der Waals surface area contributed by atoms with Crippen LogP contribution in [0, 0.1) is 5.92 Å². The molecule has 0 aromatic heterocycles. The van der Waals surface area contributed by atoms with Crippen LogP contribution in [0.25, 0.3) is 0 Å². The molecule has 3 unspecified atom stereocenters. The Balaban J connectivity index is 1.93. The van der Waals surface area contributed by atoms with Gasteiger partial charge in [0.1, 0.15) is 6.04 Å². The van der Waals surface area contributed by atoms with Crippen molar-refractivity contribution < 1.29 is 9.59 Å². The average Bonchev–Trinajstić information content (AvgIpc) is 2.29. The van der Waals surface area contributed by atoms with Crippen molar-refractivity contribution in [1.29, 1.82) is 0 Å². The summed E-state index contributed by atoms with van der Waals surface area (Å²) >= 11 is 0. The Morgan fingerprint density at radius 1 is 1.41 bits per heavy atom. The van der Waals surface area contributed by atoms with Gasteiger partial charge in [0.15, 0.2) is 0 Å². The molecule has 2 heterocycles. The van der Waals surface area contributed by atoms with Gasteiger partial charge in [0.2, 0.25) is 11.8 Å². The molecule has 0 saturated carbocycles. The third-order valence-electron chi connectivity index (χ3n) is 3.73. The van der Waals surface area contributed by atoms with Crippen LogP contribution in [0.1, 0.15) is 26.7 Å². The lowest BCUT2D eigenvalue weighted by Gasteiger charge is -2.39. The zero-order valence-electron chi connectivity index (χ0n) is 10.5. The van der Waals surface area contributed by atoms with Crippen molar-refractivity contribution in [3.63, 3.8) is 0 Å². The van der Waals surface area contributed by atoms with E-state index in [0.29, 0.717) is 18.5 Å². The van der Waals surface area contributed by atoms with E-state index in [2.05, 4.69) is 24.5 Å². The maximum atomic E-state index is 12.3. The Morgan fingerprint density at radius 2 is 2.18 bits per heavy atom. The van der Waals surface area contributed by atoms with Gasteiger partial charge in [-0.1, -0.05) is 6.92 Å². The predicted octanol–water partition coefficient (Wildman–Crippen LogP) is -0.279. The largest absolute Gasteiger partial charge is 0.353 e. The molecule has 2 saturated heterocycles. The lowest BCUT2D eigenvalue weighted by molar-refractivity contribution is -0.138. The Labute approximate surface area is 102 Å². The molecule has 2 aliphatic heterocycles. The number of nitrogens with zero attached hydrogens (tertiary/aromatic N) is 1. The number of likely N-dealkylation sites (tertiary alicyclic amines) is 1. The minimum absolute atomic E-state index is 0.0330. The standard InChI is InChI=1S/C12H21N3O2/c1-8-3-4-15(9(2)5-8)12(17)10-6-14-11(16)7-13-10/h8-10,13H,3-7H2,1-2H3,(H,14,16). The van der Waals surface area contributed by atoms with Gasteiger partial charge in [-0.25, -0.2) is 0 Å². The molecule has 2 amide bonds. The molecule has 0 bridgehead atoms. The fourth-order valence-electron chi connectivity index (χ4n) is 2.68. The molecule has 0 aliphatic carbocycles. The molecule has 0 aromatic carbocycles. The van der Waals surface area contributed by atoms with Gasteiger partial charge in [-0.3, -0.25) is 14.9 Å². The highest BCUT2D eigenvalue weighted by Gasteiger charge is 2.32. The summed E-state index contributed by atoms with van der Waals surface area (Å²) in [5.41, 5.74) is 0. The fourth-order valence-corrected chi connectivity index (χ4v) is 2.68. The number of carbonyl (C=O) groups is 2. The first-order valence-corrected chi connectivity index (χ1v) is 6.38. The summed E-state index contributed by atoms with van der Waals surface area (Å²) in [6.07, 6.45) is 2.15. The molecule has 2 rings (SSSR count). The summed E-state index contributed by atoms with van der Waals surface area (Å²) < 4.78 is 0. The second-order valence-corrected chi connectivity index (χ2v) is 5.25. The summed E-state index contributed by atoms with van der Waals surface area (Å²) in [7, 11) is 0. The number of nitrogens with one attached hydrogen (secondary N) is 2. The predicted molar refractivity (Wildman–Crippen MR) is 64.4 cm³/mol. The molecule has 2 fully saturated rings. The molecule has 17 heavy (non-hydrogen) atoms. The number of hydrogen-bond acceptors (Lipinski definition) is 3. The molecule has 0 aromatic rings. The molecule has 3 atom stereocenters. The van der Waals surface area contributed by atoms with E-state index in [9.17, 15) is 9.59 Å². The van der Waals surface area contributed by atoms with Crippen LogP contribution in [-0.4, -0.2) is 48.4 Å². The van der Waals surface area contributed by atoms with Crippen LogP contribution in [0.3, 0.4) is 0 Å². The first-order chi connectivity index (χ1) is 8.08. The van der Waals surface area contributed by atoms with E-state index >= 15 is 0 Å². The van der Waals surface area contributed by atoms with Gasteiger partial charge in [-0.2, -0.15) is 0 Å². The Bertz CT molecular complexity index is 309. The summed E-state index contributed by atoms with van der Waals surface area (Å²) in [5.74, 6) is 0.798. The van der Waals surface area contributed by atoms with Crippen molar-refractivity contribution in [2.45, 2.75) is 38.8 Å². The van der Waals surface area contributed by atoms with Crippen molar-refractivity contribution in [2.75, 3.05) is 19.6 Å².